The lowest BCUT2D eigenvalue weighted by Crippen LogP contribution is -2.42. The van der Waals surface area contributed by atoms with Crippen LogP contribution in [0.3, 0.4) is 0 Å². The van der Waals surface area contributed by atoms with Crippen LogP contribution in [0, 0.1) is 18.3 Å². The van der Waals surface area contributed by atoms with Crippen LogP contribution in [0.1, 0.15) is 26.0 Å². The van der Waals surface area contributed by atoms with E-state index < -0.39 is 0 Å². The molecule has 1 aliphatic heterocycles. The first-order chi connectivity index (χ1) is 8.95. The Bertz CT molecular complexity index is 482. The van der Waals surface area contributed by atoms with Gasteiger partial charge in [0.05, 0.1) is 16.8 Å². The molecule has 2 heterocycles. The third-order valence-electron chi connectivity index (χ3n) is 4.05. The Hall–Kier alpha value is -0.940. The highest BCUT2D eigenvalue weighted by atomic mass is 79.9. The number of nitrogens with one attached hydrogen (secondary N) is 2. The summed E-state index contributed by atoms with van der Waals surface area (Å²) in [5.74, 6) is 0.408. The van der Waals surface area contributed by atoms with E-state index in [-0.39, 0.29) is 11.3 Å². The minimum atomic E-state index is -0.306. The van der Waals surface area contributed by atoms with Crippen LogP contribution in [0.25, 0.3) is 0 Å². The first kappa shape index (κ1) is 14.5. The molecule has 1 atom stereocenters. The number of hydrogen-bond donors (Lipinski definition) is 2. The molecule has 2 rings (SSSR count). The maximum atomic E-state index is 12.6. The van der Waals surface area contributed by atoms with Crippen molar-refractivity contribution in [2.45, 2.75) is 27.2 Å². The molecule has 0 radical (unpaired) electrons. The molecule has 1 unspecified atom stereocenters. The lowest BCUT2D eigenvalue weighted by Gasteiger charge is -2.31. The number of halogens is 1. The predicted molar refractivity (Wildman–Crippen MR) is 80.1 cm³/mol. The second-order valence-electron chi connectivity index (χ2n) is 5.46. The SMILES string of the molecule is Cc1nc(Br)ccc1NC(=O)C1(C(C)C)CCNC1. The van der Waals surface area contributed by atoms with Crippen LogP contribution in [-0.2, 0) is 4.79 Å². The van der Waals surface area contributed by atoms with Crippen molar-refractivity contribution in [2.75, 3.05) is 18.4 Å². The normalized spacial score (nSPS) is 22.8. The summed E-state index contributed by atoms with van der Waals surface area (Å²) in [6, 6.07) is 3.73. The Balaban J connectivity index is 2.20. The number of pyridine rings is 1. The van der Waals surface area contributed by atoms with Gasteiger partial charge in [0.2, 0.25) is 5.91 Å². The summed E-state index contributed by atoms with van der Waals surface area (Å²) in [4.78, 5) is 16.9. The van der Waals surface area contributed by atoms with Gasteiger partial charge in [0.15, 0.2) is 0 Å². The summed E-state index contributed by atoms with van der Waals surface area (Å²) >= 11 is 3.33. The molecule has 0 aromatic carbocycles. The number of nitrogens with zero attached hydrogens (tertiary/aromatic N) is 1. The standard InChI is InChI=1S/C14H20BrN3O/c1-9(2)14(6-7-16-8-14)13(19)18-11-4-5-12(15)17-10(11)3/h4-5,9,16H,6-8H2,1-3H3,(H,18,19). The van der Waals surface area contributed by atoms with Gasteiger partial charge in [0, 0.05) is 6.54 Å². The van der Waals surface area contributed by atoms with Crippen molar-refractivity contribution in [1.29, 1.82) is 0 Å². The summed E-state index contributed by atoms with van der Waals surface area (Å²) in [6.45, 7) is 7.77. The van der Waals surface area contributed by atoms with Crippen molar-refractivity contribution >= 4 is 27.5 Å². The minimum absolute atomic E-state index is 0.0970. The molecule has 1 amide bonds. The zero-order chi connectivity index (χ0) is 14.0. The molecule has 2 N–H and O–H groups in total. The van der Waals surface area contributed by atoms with Crippen LogP contribution in [0.4, 0.5) is 5.69 Å². The number of aromatic nitrogens is 1. The van der Waals surface area contributed by atoms with Crippen molar-refractivity contribution in [3.63, 3.8) is 0 Å². The van der Waals surface area contributed by atoms with E-state index in [1.807, 2.05) is 19.1 Å². The summed E-state index contributed by atoms with van der Waals surface area (Å²) in [5.41, 5.74) is 1.31. The second kappa shape index (κ2) is 5.59. The van der Waals surface area contributed by atoms with Gasteiger partial charge in [-0.3, -0.25) is 4.79 Å². The second-order valence-corrected chi connectivity index (χ2v) is 6.27. The molecular formula is C14H20BrN3O. The first-order valence-corrected chi connectivity index (χ1v) is 7.40. The molecule has 0 saturated carbocycles. The van der Waals surface area contributed by atoms with Crippen molar-refractivity contribution in [2.24, 2.45) is 11.3 Å². The zero-order valence-corrected chi connectivity index (χ0v) is 13.2. The van der Waals surface area contributed by atoms with Crippen LogP contribution in [0.2, 0.25) is 0 Å². The van der Waals surface area contributed by atoms with Crippen molar-refractivity contribution in [3.05, 3.63) is 22.4 Å². The number of carbonyl (C=O) groups is 1. The monoisotopic (exact) mass is 325 g/mol. The van der Waals surface area contributed by atoms with E-state index in [2.05, 4.69) is 45.4 Å². The molecule has 1 aliphatic rings. The van der Waals surface area contributed by atoms with Gasteiger partial charge in [-0.2, -0.15) is 0 Å². The molecule has 5 heteroatoms. The fourth-order valence-electron chi connectivity index (χ4n) is 2.57. The lowest BCUT2D eigenvalue weighted by molar-refractivity contribution is -0.126. The van der Waals surface area contributed by atoms with E-state index in [0.29, 0.717) is 5.92 Å². The Morgan fingerprint density at radius 2 is 2.26 bits per heavy atom. The topological polar surface area (TPSA) is 54.0 Å². The van der Waals surface area contributed by atoms with Gasteiger partial charge in [0.25, 0.3) is 0 Å². The van der Waals surface area contributed by atoms with E-state index in [1.54, 1.807) is 0 Å². The molecule has 1 aromatic rings. The number of amides is 1. The first-order valence-electron chi connectivity index (χ1n) is 6.61. The maximum absolute atomic E-state index is 12.6. The number of rotatable bonds is 3. The molecule has 1 fully saturated rings. The van der Waals surface area contributed by atoms with Gasteiger partial charge in [-0.25, -0.2) is 4.98 Å². The number of anilines is 1. The van der Waals surface area contributed by atoms with Crippen LogP contribution in [0.15, 0.2) is 16.7 Å². The van der Waals surface area contributed by atoms with Gasteiger partial charge < -0.3 is 10.6 Å². The van der Waals surface area contributed by atoms with Crippen LogP contribution in [0.5, 0.6) is 0 Å². The van der Waals surface area contributed by atoms with Crippen molar-refractivity contribution in [3.8, 4) is 0 Å². The zero-order valence-electron chi connectivity index (χ0n) is 11.6. The number of carbonyl (C=O) groups excluding carboxylic acids is 1. The molecule has 104 valence electrons. The molecule has 1 aromatic heterocycles. The van der Waals surface area contributed by atoms with Crippen LogP contribution < -0.4 is 10.6 Å². The summed E-state index contributed by atoms with van der Waals surface area (Å²) in [7, 11) is 0. The van der Waals surface area contributed by atoms with E-state index in [0.717, 1.165) is 35.5 Å². The molecule has 0 spiro atoms. The largest absolute Gasteiger partial charge is 0.324 e. The summed E-state index contributed by atoms with van der Waals surface area (Å²) in [5, 5.41) is 6.34. The van der Waals surface area contributed by atoms with Gasteiger partial charge in [-0.15, -0.1) is 0 Å². The fraction of sp³-hybridized carbons (Fsp3) is 0.571. The van der Waals surface area contributed by atoms with E-state index in [1.165, 1.54) is 0 Å². The average molecular weight is 326 g/mol. The average Bonchev–Trinajstić information content (AvgIpc) is 2.83. The van der Waals surface area contributed by atoms with Gasteiger partial charge in [-0.05, 0) is 53.9 Å². The number of aryl methyl sites for hydroxylation is 1. The van der Waals surface area contributed by atoms with Crippen molar-refractivity contribution < 1.29 is 4.79 Å². The Labute approximate surface area is 122 Å². The Kier molecular flexibility index (Phi) is 4.26. The molecule has 0 bridgehead atoms. The highest BCUT2D eigenvalue weighted by molar-refractivity contribution is 9.10. The maximum Gasteiger partial charge on any atom is 0.232 e. The molecule has 0 aliphatic carbocycles. The Morgan fingerprint density at radius 1 is 1.53 bits per heavy atom. The van der Waals surface area contributed by atoms with E-state index in [9.17, 15) is 4.79 Å². The highest BCUT2D eigenvalue weighted by Crippen LogP contribution is 2.35. The van der Waals surface area contributed by atoms with E-state index >= 15 is 0 Å². The summed E-state index contributed by atoms with van der Waals surface area (Å²) < 4.78 is 0.782. The molecular weight excluding hydrogens is 306 g/mol. The third kappa shape index (κ3) is 2.82. The molecule has 1 saturated heterocycles. The summed E-state index contributed by atoms with van der Waals surface area (Å²) in [6.07, 6.45) is 0.888. The minimum Gasteiger partial charge on any atom is -0.324 e. The van der Waals surface area contributed by atoms with Crippen molar-refractivity contribution in [1.82, 2.24) is 10.3 Å². The molecule has 19 heavy (non-hydrogen) atoms. The van der Waals surface area contributed by atoms with Gasteiger partial charge >= 0.3 is 0 Å². The van der Waals surface area contributed by atoms with Gasteiger partial charge in [-0.1, -0.05) is 13.8 Å². The highest BCUT2D eigenvalue weighted by Gasteiger charge is 2.43. The number of hydrogen-bond acceptors (Lipinski definition) is 3. The molecule has 4 nitrogen and oxygen atoms in total. The fourth-order valence-corrected chi connectivity index (χ4v) is 2.97. The Morgan fingerprint density at radius 3 is 2.79 bits per heavy atom. The quantitative estimate of drug-likeness (QED) is 0.840. The smallest absolute Gasteiger partial charge is 0.232 e. The van der Waals surface area contributed by atoms with E-state index in [4.69, 9.17) is 0 Å². The van der Waals surface area contributed by atoms with Crippen LogP contribution >= 0.6 is 15.9 Å². The van der Waals surface area contributed by atoms with Crippen LogP contribution in [-0.4, -0.2) is 24.0 Å². The van der Waals surface area contributed by atoms with Gasteiger partial charge in [0.1, 0.15) is 4.60 Å². The predicted octanol–water partition coefficient (Wildman–Crippen LogP) is 2.73. The third-order valence-corrected chi connectivity index (χ3v) is 4.49. The lowest BCUT2D eigenvalue weighted by atomic mass is 9.75.